The summed E-state index contributed by atoms with van der Waals surface area (Å²) in [5, 5.41) is 0. The number of esters is 1. The normalized spacial score (nSPS) is 34.9. The lowest BCUT2D eigenvalue weighted by Crippen LogP contribution is -2.49. The van der Waals surface area contributed by atoms with Crippen LogP contribution in [0.4, 0.5) is 0 Å². The van der Waals surface area contributed by atoms with E-state index in [0.717, 1.165) is 32.4 Å². The van der Waals surface area contributed by atoms with E-state index in [4.69, 9.17) is 10.5 Å². The van der Waals surface area contributed by atoms with Crippen molar-refractivity contribution < 1.29 is 9.53 Å². The lowest BCUT2D eigenvalue weighted by Gasteiger charge is -2.33. The number of nitrogens with zero attached hydrogens (tertiary/aromatic N) is 2. The lowest BCUT2D eigenvalue weighted by atomic mass is 9.99. The van der Waals surface area contributed by atoms with E-state index in [9.17, 15) is 4.79 Å². The molecule has 1 saturated heterocycles. The van der Waals surface area contributed by atoms with Gasteiger partial charge in [0.15, 0.2) is 0 Å². The Labute approximate surface area is 122 Å². The van der Waals surface area contributed by atoms with Crippen molar-refractivity contribution in [2.45, 2.75) is 56.7 Å². The average Bonchev–Trinajstić information content (AvgIpc) is 2.96. The van der Waals surface area contributed by atoms with E-state index in [-0.39, 0.29) is 5.97 Å². The van der Waals surface area contributed by atoms with Crippen LogP contribution in [0, 0.1) is 0 Å². The Bertz CT molecular complexity index is 348. The molecule has 3 unspecified atom stereocenters. The summed E-state index contributed by atoms with van der Waals surface area (Å²) in [7, 11) is 4.24. The molecule has 3 atom stereocenters. The molecular weight excluding hydrogens is 254 g/mol. The van der Waals surface area contributed by atoms with Crippen LogP contribution in [0.25, 0.3) is 0 Å². The average molecular weight is 283 g/mol. The fourth-order valence-corrected chi connectivity index (χ4v) is 3.75. The van der Waals surface area contributed by atoms with Gasteiger partial charge in [-0.2, -0.15) is 0 Å². The molecule has 1 saturated carbocycles. The van der Waals surface area contributed by atoms with Gasteiger partial charge < -0.3 is 15.4 Å². The van der Waals surface area contributed by atoms with Gasteiger partial charge in [-0.15, -0.1) is 0 Å². The molecule has 2 rings (SSSR count). The van der Waals surface area contributed by atoms with Gasteiger partial charge in [-0.25, -0.2) is 0 Å². The highest BCUT2D eigenvalue weighted by Crippen LogP contribution is 2.35. The fraction of sp³-hybridized carbons (Fsp3) is 0.933. The van der Waals surface area contributed by atoms with Crippen LogP contribution in [0.15, 0.2) is 0 Å². The summed E-state index contributed by atoms with van der Waals surface area (Å²) in [6.07, 6.45) is 5.02. The van der Waals surface area contributed by atoms with Crippen molar-refractivity contribution in [2.24, 2.45) is 5.73 Å². The maximum absolute atomic E-state index is 12.0. The minimum atomic E-state index is -0.758. The van der Waals surface area contributed by atoms with Crippen molar-refractivity contribution in [3.63, 3.8) is 0 Å². The Morgan fingerprint density at radius 2 is 2.20 bits per heavy atom. The molecule has 2 fully saturated rings. The summed E-state index contributed by atoms with van der Waals surface area (Å²) in [5.41, 5.74) is 5.52. The highest BCUT2D eigenvalue weighted by Gasteiger charge is 2.46. The first-order valence-corrected chi connectivity index (χ1v) is 7.83. The predicted molar refractivity (Wildman–Crippen MR) is 79.5 cm³/mol. The molecule has 1 heterocycles. The lowest BCUT2D eigenvalue weighted by molar-refractivity contribution is -0.149. The third-order valence-electron chi connectivity index (χ3n) is 4.67. The molecule has 2 N–H and O–H groups in total. The zero-order valence-electron chi connectivity index (χ0n) is 13.1. The maximum Gasteiger partial charge on any atom is 0.326 e. The van der Waals surface area contributed by atoms with Gasteiger partial charge in [0.25, 0.3) is 0 Å². The second-order valence-electron chi connectivity index (χ2n) is 6.57. The quantitative estimate of drug-likeness (QED) is 0.757. The molecule has 0 spiro atoms. The second kappa shape index (κ2) is 6.41. The van der Waals surface area contributed by atoms with E-state index >= 15 is 0 Å². The van der Waals surface area contributed by atoms with Gasteiger partial charge in [-0.1, -0.05) is 0 Å². The van der Waals surface area contributed by atoms with Crippen LogP contribution < -0.4 is 5.73 Å². The summed E-state index contributed by atoms with van der Waals surface area (Å²) < 4.78 is 5.14. The first kappa shape index (κ1) is 15.7. The molecule has 5 nitrogen and oxygen atoms in total. The zero-order valence-corrected chi connectivity index (χ0v) is 13.1. The standard InChI is InChI=1S/C15H29N3O2/c1-4-20-14(19)15(16)8-7-12(10-15)18-9-5-6-13(18)11-17(2)3/h12-13H,4-11,16H2,1-3H3. The Hall–Kier alpha value is -0.650. The number of ether oxygens (including phenoxy) is 1. The third-order valence-corrected chi connectivity index (χ3v) is 4.67. The van der Waals surface area contributed by atoms with Crippen LogP contribution in [0.5, 0.6) is 0 Å². The van der Waals surface area contributed by atoms with E-state index in [1.807, 2.05) is 6.92 Å². The molecular formula is C15H29N3O2. The molecule has 116 valence electrons. The number of hydrogen-bond donors (Lipinski definition) is 1. The van der Waals surface area contributed by atoms with E-state index in [2.05, 4.69) is 23.9 Å². The largest absolute Gasteiger partial charge is 0.465 e. The Kier molecular flexibility index (Phi) is 5.04. The topological polar surface area (TPSA) is 58.8 Å². The molecule has 2 aliphatic rings. The van der Waals surface area contributed by atoms with Crippen LogP contribution in [0.1, 0.15) is 39.0 Å². The van der Waals surface area contributed by atoms with Gasteiger partial charge in [0, 0.05) is 18.6 Å². The molecule has 0 bridgehead atoms. The SMILES string of the molecule is CCOC(=O)C1(N)CCC(N2CCCC2CN(C)C)C1. The third kappa shape index (κ3) is 3.32. The first-order chi connectivity index (χ1) is 9.46. The smallest absolute Gasteiger partial charge is 0.326 e. The molecule has 1 aliphatic carbocycles. The number of rotatable bonds is 5. The van der Waals surface area contributed by atoms with Gasteiger partial charge >= 0.3 is 5.97 Å². The fourth-order valence-electron chi connectivity index (χ4n) is 3.75. The number of hydrogen-bond acceptors (Lipinski definition) is 5. The van der Waals surface area contributed by atoms with Crippen LogP contribution in [-0.4, -0.2) is 67.2 Å². The molecule has 1 aliphatic heterocycles. The van der Waals surface area contributed by atoms with Crippen molar-refractivity contribution >= 4 is 5.97 Å². The number of carbonyl (C=O) groups excluding carboxylic acids is 1. The van der Waals surface area contributed by atoms with Gasteiger partial charge in [-0.05, 0) is 59.7 Å². The molecule has 20 heavy (non-hydrogen) atoms. The number of likely N-dealkylation sites (N-methyl/N-ethyl adjacent to an activating group) is 1. The summed E-state index contributed by atoms with van der Waals surface area (Å²) >= 11 is 0. The molecule has 0 aromatic carbocycles. The van der Waals surface area contributed by atoms with Crippen molar-refractivity contribution in [3.05, 3.63) is 0 Å². The van der Waals surface area contributed by atoms with Crippen LogP contribution in [-0.2, 0) is 9.53 Å². The highest BCUT2D eigenvalue weighted by atomic mass is 16.5. The Morgan fingerprint density at radius 1 is 1.45 bits per heavy atom. The first-order valence-electron chi connectivity index (χ1n) is 7.83. The van der Waals surface area contributed by atoms with E-state index in [1.54, 1.807) is 0 Å². The van der Waals surface area contributed by atoms with E-state index in [0.29, 0.717) is 18.7 Å². The van der Waals surface area contributed by atoms with Crippen molar-refractivity contribution in [1.29, 1.82) is 0 Å². The summed E-state index contributed by atoms with van der Waals surface area (Å²) in [6, 6.07) is 1.05. The van der Waals surface area contributed by atoms with E-state index in [1.165, 1.54) is 12.8 Å². The van der Waals surface area contributed by atoms with Crippen LogP contribution >= 0.6 is 0 Å². The maximum atomic E-state index is 12.0. The number of likely N-dealkylation sites (tertiary alicyclic amines) is 1. The highest BCUT2D eigenvalue weighted by molar-refractivity contribution is 5.81. The number of carbonyl (C=O) groups is 1. The van der Waals surface area contributed by atoms with Crippen molar-refractivity contribution in [2.75, 3.05) is 33.8 Å². The zero-order chi connectivity index (χ0) is 14.8. The van der Waals surface area contributed by atoms with Crippen molar-refractivity contribution in [1.82, 2.24) is 9.80 Å². The number of nitrogens with two attached hydrogens (primary N) is 1. The van der Waals surface area contributed by atoms with Crippen LogP contribution in [0.2, 0.25) is 0 Å². The second-order valence-corrected chi connectivity index (χ2v) is 6.57. The van der Waals surface area contributed by atoms with Gasteiger partial charge in [0.05, 0.1) is 6.61 Å². The predicted octanol–water partition coefficient (Wildman–Crippen LogP) is 0.826. The van der Waals surface area contributed by atoms with Gasteiger partial charge in [-0.3, -0.25) is 9.69 Å². The summed E-state index contributed by atoms with van der Waals surface area (Å²) in [6.45, 7) is 4.48. The molecule has 0 radical (unpaired) electrons. The Morgan fingerprint density at radius 3 is 2.85 bits per heavy atom. The molecule has 0 aromatic rings. The van der Waals surface area contributed by atoms with Gasteiger partial charge in [0.2, 0.25) is 0 Å². The summed E-state index contributed by atoms with van der Waals surface area (Å²) in [5.74, 6) is -0.217. The Balaban J connectivity index is 1.96. The minimum absolute atomic E-state index is 0.217. The van der Waals surface area contributed by atoms with Crippen LogP contribution in [0.3, 0.4) is 0 Å². The van der Waals surface area contributed by atoms with E-state index < -0.39 is 5.54 Å². The monoisotopic (exact) mass is 283 g/mol. The van der Waals surface area contributed by atoms with Crippen molar-refractivity contribution in [3.8, 4) is 0 Å². The minimum Gasteiger partial charge on any atom is -0.465 e. The molecule has 0 amide bonds. The molecule has 0 aromatic heterocycles. The summed E-state index contributed by atoms with van der Waals surface area (Å²) in [4.78, 5) is 16.8. The molecule has 5 heteroatoms. The van der Waals surface area contributed by atoms with Gasteiger partial charge in [0.1, 0.15) is 5.54 Å².